The fourth-order valence-electron chi connectivity index (χ4n) is 2.47. The van der Waals surface area contributed by atoms with Gasteiger partial charge in [0.1, 0.15) is 5.75 Å². The summed E-state index contributed by atoms with van der Waals surface area (Å²) in [6.45, 7) is 2.19. The second-order valence-electron chi connectivity index (χ2n) is 5.29. The lowest BCUT2D eigenvalue weighted by Gasteiger charge is -2.26. The Hall–Kier alpha value is -0.820. The highest BCUT2D eigenvalue weighted by Crippen LogP contribution is 2.36. The summed E-state index contributed by atoms with van der Waals surface area (Å²) in [5, 5.41) is 0. The van der Waals surface area contributed by atoms with Gasteiger partial charge in [-0.3, -0.25) is 0 Å². The van der Waals surface area contributed by atoms with E-state index in [4.69, 9.17) is 10.5 Å². The smallest absolute Gasteiger partial charge is 0.243 e. The molecule has 0 saturated heterocycles. The van der Waals surface area contributed by atoms with Gasteiger partial charge in [-0.05, 0) is 49.4 Å². The molecule has 1 aliphatic rings. The SMILES string of the molecule is COc1ccc(S(=O)(=O)N(C)C(CN)C2CC2)cc1C.Cl. The number of benzene rings is 1. The van der Waals surface area contributed by atoms with Crippen LogP contribution >= 0.6 is 12.4 Å². The molecule has 0 aliphatic heterocycles. The lowest BCUT2D eigenvalue weighted by Crippen LogP contribution is -2.43. The lowest BCUT2D eigenvalue weighted by atomic mass is 10.2. The van der Waals surface area contributed by atoms with Crippen molar-refractivity contribution in [1.82, 2.24) is 4.31 Å². The van der Waals surface area contributed by atoms with Crippen LogP contribution in [0.3, 0.4) is 0 Å². The van der Waals surface area contributed by atoms with Gasteiger partial charge in [0.15, 0.2) is 0 Å². The molecule has 5 nitrogen and oxygen atoms in total. The highest BCUT2D eigenvalue weighted by molar-refractivity contribution is 7.89. The molecule has 7 heteroatoms. The average Bonchev–Trinajstić information content (AvgIpc) is 3.24. The van der Waals surface area contributed by atoms with Crippen molar-refractivity contribution in [2.45, 2.75) is 30.7 Å². The van der Waals surface area contributed by atoms with E-state index in [1.807, 2.05) is 6.92 Å². The minimum atomic E-state index is -3.51. The summed E-state index contributed by atoms with van der Waals surface area (Å²) >= 11 is 0. The van der Waals surface area contributed by atoms with Crippen LogP contribution < -0.4 is 10.5 Å². The first kappa shape index (κ1) is 18.2. The van der Waals surface area contributed by atoms with Gasteiger partial charge in [-0.1, -0.05) is 0 Å². The van der Waals surface area contributed by atoms with Gasteiger partial charge in [0, 0.05) is 19.6 Å². The Morgan fingerprint density at radius 3 is 2.48 bits per heavy atom. The summed E-state index contributed by atoms with van der Waals surface area (Å²) in [5.41, 5.74) is 6.54. The molecule has 21 heavy (non-hydrogen) atoms. The molecule has 0 amide bonds. The zero-order chi connectivity index (χ0) is 14.9. The number of likely N-dealkylation sites (N-methyl/N-ethyl adjacent to an activating group) is 1. The Bertz CT molecular complexity index is 588. The van der Waals surface area contributed by atoms with E-state index in [1.165, 1.54) is 4.31 Å². The topological polar surface area (TPSA) is 72.6 Å². The van der Waals surface area contributed by atoms with Gasteiger partial charge in [-0.15, -0.1) is 12.4 Å². The average molecular weight is 335 g/mol. The van der Waals surface area contributed by atoms with Crippen LogP contribution in [0.15, 0.2) is 23.1 Å². The molecule has 1 aromatic rings. The number of nitrogens with zero attached hydrogens (tertiary/aromatic N) is 1. The molecule has 0 heterocycles. The van der Waals surface area contributed by atoms with Gasteiger partial charge < -0.3 is 10.5 Å². The van der Waals surface area contributed by atoms with Crippen molar-refractivity contribution in [3.8, 4) is 5.75 Å². The molecular formula is C14H23ClN2O3S. The summed E-state index contributed by atoms with van der Waals surface area (Å²) in [4.78, 5) is 0.289. The van der Waals surface area contributed by atoms with Crippen LogP contribution in [0.4, 0.5) is 0 Å². The number of hydrogen-bond donors (Lipinski definition) is 1. The number of halogens is 1. The van der Waals surface area contributed by atoms with Crippen LogP contribution in [0.2, 0.25) is 0 Å². The summed E-state index contributed by atoms with van der Waals surface area (Å²) in [7, 11) is -0.320. The first-order valence-electron chi connectivity index (χ1n) is 6.74. The van der Waals surface area contributed by atoms with Gasteiger partial charge >= 0.3 is 0 Å². The van der Waals surface area contributed by atoms with Crippen molar-refractivity contribution in [3.05, 3.63) is 23.8 Å². The maximum absolute atomic E-state index is 12.6. The first-order chi connectivity index (χ1) is 9.41. The quantitative estimate of drug-likeness (QED) is 0.860. The predicted octanol–water partition coefficient (Wildman–Crippen LogP) is 1.78. The maximum atomic E-state index is 12.6. The third kappa shape index (κ3) is 3.69. The first-order valence-corrected chi connectivity index (χ1v) is 8.18. The largest absolute Gasteiger partial charge is 0.496 e. The second kappa shape index (κ2) is 6.96. The molecular weight excluding hydrogens is 312 g/mol. The third-order valence-electron chi connectivity index (χ3n) is 3.92. The van der Waals surface area contributed by atoms with Crippen LogP contribution in [0.25, 0.3) is 0 Å². The number of nitrogens with two attached hydrogens (primary N) is 1. The van der Waals surface area contributed by atoms with Crippen molar-refractivity contribution in [2.75, 3.05) is 20.7 Å². The predicted molar refractivity (Wildman–Crippen MR) is 85.5 cm³/mol. The fraction of sp³-hybridized carbons (Fsp3) is 0.571. The van der Waals surface area contributed by atoms with E-state index in [0.29, 0.717) is 18.2 Å². The Morgan fingerprint density at radius 2 is 2.05 bits per heavy atom. The molecule has 0 bridgehead atoms. The maximum Gasteiger partial charge on any atom is 0.243 e. The van der Waals surface area contributed by atoms with Gasteiger partial charge in [0.2, 0.25) is 10.0 Å². The molecule has 0 spiro atoms. The molecule has 2 N–H and O–H groups in total. The summed E-state index contributed by atoms with van der Waals surface area (Å²) in [5.74, 6) is 1.09. The molecule has 0 aromatic heterocycles. The number of ether oxygens (including phenoxy) is 1. The van der Waals surface area contributed by atoms with Crippen LogP contribution in [-0.4, -0.2) is 39.5 Å². The van der Waals surface area contributed by atoms with E-state index in [1.54, 1.807) is 32.4 Å². The fourth-order valence-corrected chi connectivity index (χ4v) is 3.99. The molecule has 1 aromatic carbocycles. The van der Waals surface area contributed by atoms with Gasteiger partial charge in [-0.25, -0.2) is 8.42 Å². The summed E-state index contributed by atoms with van der Waals surface area (Å²) in [6, 6.07) is 4.80. The molecule has 1 unspecified atom stereocenters. The molecule has 120 valence electrons. The minimum absolute atomic E-state index is 0. The number of methoxy groups -OCH3 is 1. The Labute approximate surface area is 132 Å². The second-order valence-corrected chi connectivity index (χ2v) is 7.29. The third-order valence-corrected chi connectivity index (χ3v) is 5.80. The van der Waals surface area contributed by atoms with Crippen LogP contribution in [0.5, 0.6) is 5.75 Å². The van der Waals surface area contributed by atoms with E-state index in [9.17, 15) is 8.42 Å². The monoisotopic (exact) mass is 334 g/mol. The number of aryl methyl sites for hydroxylation is 1. The Balaban J connectivity index is 0.00000220. The molecule has 1 atom stereocenters. The van der Waals surface area contributed by atoms with Crippen molar-refractivity contribution in [2.24, 2.45) is 11.7 Å². The van der Waals surface area contributed by atoms with Crippen molar-refractivity contribution in [1.29, 1.82) is 0 Å². The van der Waals surface area contributed by atoms with E-state index in [0.717, 1.165) is 18.4 Å². The standard InChI is InChI=1S/C14H22N2O3S.ClH/c1-10-8-12(6-7-14(10)19-3)20(17,18)16(2)13(9-15)11-4-5-11;/h6-8,11,13H,4-5,9,15H2,1-3H3;1H. The lowest BCUT2D eigenvalue weighted by molar-refractivity contribution is 0.340. The Morgan fingerprint density at radius 1 is 1.43 bits per heavy atom. The van der Waals surface area contributed by atoms with Gasteiger partial charge in [0.05, 0.1) is 12.0 Å². The molecule has 1 fully saturated rings. The molecule has 2 rings (SSSR count). The highest BCUT2D eigenvalue weighted by Gasteiger charge is 2.38. The molecule has 0 radical (unpaired) electrons. The number of hydrogen-bond acceptors (Lipinski definition) is 4. The van der Waals surface area contributed by atoms with E-state index in [-0.39, 0.29) is 23.3 Å². The molecule has 1 aliphatic carbocycles. The normalized spacial score (nSPS) is 16.4. The number of sulfonamides is 1. The van der Waals surface area contributed by atoms with Gasteiger partial charge in [-0.2, -0.15) is 4.31 Å². The van der Waals surface area contributed by atoms with Gasteiger partial charge in [0.25, 0.3) is 0 Å². The molecule has 1 saturated carbocycles. The van der Waals surface area contributed by atoms with E-state index >= 15 is 0 Å². The zero-order valence-corrected chi connectivity index (χ0v) is 14.2. The summed E-state index contributed by atoms with van der Waals surface area (Å²) < 4.78 is 31.9. The minimum Gasteiger partial charge on any atom is -0.496 e. The van der Waals surface area contributed by atoms with Crippen molar-refractivity contribution < 1.29 is 13.2 Å². The van der Waals surface area contributed by atoms with E-state index in [2.05, 4.69) is 0 Å². The Kier molecular flexibility index (Phi) is 6.04. The van der Waals surface area contributed by atoms with Crippen LogP contribution in [-0.2, 0) is 10.0 Å². The highest BCUT2D eigenvalue weighted by atomic mass is 35.5. The van der Waals surface area contributed by atoms with Crippen LogP contribution in [0.1, 0.15) is 18.4 Å². The zero-order valence-electron chi connectivity index (χ0n) is 12.6. The summed E-state index contributed by atoms with van der Waals surface area (Å²) in [6.07, 6.45) is 2.12. The van der Waals surface area contributed by atoms with Crippen molar-refractivity contribution >= 4 is 22.4 Å². The van der Waals surface area contributed by atoms with Crippen molar-refractivity contribution in [3.63, 3.8) is 0 Å². The van der Waals surface area contributed by atoms with E-state index < -0.39 is 10.0 Å². The number of rotatable bonds is 6. The van der Waals surface area contributed by atoms with Crippen LogP contribution in [0, 0.1) is 12.8 Å².